The fourth-order valence-electron chi connectivity index (χ4n) is 3.29. The summed E-state index contributed by atoms with van der Waals surface area (Å²) in [5.74, 6) is -0.402. The lowest BCUT2D eigenvalue weighted by molar-refractivity contribution is -0.119. The third-order valence-electron chi connectivity index (χ3n) is 4.62. The number of halogens is 1. The minimum atomic E-state index is -0.895. The van der Waals surface area contributed by atoms with E-state index in [1.165, 1.54) is 24.2 Å². The van der Waals surface area contributed by atoms with Gasteiger partial charge in [-0.25, -0.2) is 9.18 Å². The second-order valence-corrected chi connectivity index (χ2v) is 7.87. The Morgan fingerprint density at radius 3 is 2.63 bits per heavy atom. The van der Waals surface area contributed by atoms with E-state index in [4.69, 9.17) is 5.73 Å². The standard InChI is InChI=1S/C18H22FN5O2S/c1-11(16(25)21-17(20)26)27-18-23-22-15(13-9-5-6-10-14(13)19)24(18)12-7-3-2-4-8-12/h5-6,9-12H,2-4,7-8H2,1H3,(H3,20,21,25,26). The number of hydrogen-bond acceptors (Lipinski definition) is 5. The Bertz CT molecular complexity index is 835. The van der Waals surface area contributed by atoms with Crippen molar-refractivity contribution in [2.75, 3.05) is 0 Å². The van der Waals surface area contributed by atoms with Crippen LogP contribution < -0.4 is 11.1 Å². The number of benzene rings is 1. The predicted molar refractivity (Wildman–Crippen MR) is 101 cm³/mol. The summed E-state index contributed by atoms with van der Waals surface area (Å²) in [5, 5.41) is 10.5. The van der Waals surface area contributed by atoms with Gasteiger partial charge in [0.05, 0.1) is 10.8 Å². The van der Waals surface area contributed by atoms with Crippen molar-refractivity contribution in [3.63, 3.8) is 0 Å². The van der Waals surface area contributed by atoms with Crippen molar-refractivity contribution in [2.45, 2.75) is 55.5 Å². The summed E-state index contributed by atoms with van der Waals surface area (Å²) in [4.78, 5) is 22.9. The monoisotopic (exact) mass is 391 g/mol. The molecule has 1 atom stereocenters. The molecule has 0 radical (unpaired) electrons. The Morgan fingerprint density at radius 2 is 1.96 bits per heavy atom. The number of rotatable bonds is 5. The van der Waals surface area contributed by atoms with Gasteiger partial charge in [-0.3, -0.25) is 14.7 Å². The lowest BCUT2D eigenvalue weighted by Crippen LogP contribution is -2.39. The molecule has 1 heterocycles. The third-order valence-corrected chi connectivity index (χ3v) is 5.67. The number of nitrogens with one attached hydrogen (secondary N) is 1. The number of thioether (sulfide) groups is 1. The van der Waals surface area contributed by atoms with Crippen LogP contribution in [0.15, 0.2) is 29.4 Å². The minimum absolute atomic E-state index is 0.150. The average molecular weight is 391 g/mol. The molecule has 1 aliphatic rings. The number of carbonyl (C=O) groups excluding carboxylic acids is 2. The first kappa shape index (κ1) is 19.3. The van der Waals surface area contributed by atoms with E-state index in [9.17, 15) is 14.0 Å². The number of amides is 3. The van der Waals surface area contributed by atoms with Gasteiger partial charge in [0.1, 0.15) is 5.82 Å². The van der Waals surface area contributed by atoms with Gasteiger partial charge >= 0.3 is 6.03 Å². The van der Waals surface area contributed by atoms with Gasteiger partial charge in [0.25, 0.3) is 0 Å². The van der Waals surface area contributed by atoms with Crippen molar-refractivity contribution < 1.29 is 14.0 Å². The van der Waals surface area contributed by atoms with E-state index in [1.807, 2.05) is 4.57 Å². The maximum absolute atomic E-state index is 14.4. The zero-order valence-corrected chi connectivity index (χ0v) is 15.8. The van der Waals surface area contributed by atoms with Crippen molar-refractivity contribution in [3.05, 3.63) is 30.1 Å². The van der Waals surface area contributed by atoms with E-state index in [-0.39, 0.29) is 11.9 Å². The van der Waals surface area contributed by atoms with Gasteiger partial charge < -0.3 is 5.73 Å². The maximum atomic E-state index is 14.4. The molecule has 27 heavy (non-hydrogen) atoms. The predicted octanol–water partition coefficient (Wildman–Crippen LogP) is 3.26. The van der Waals surface area contributed by atoms with Crippen LogP contribution >= 0.6 is 11.8 Å². The van der Waals surface area contributed by atoms with Crippen LogP contribution in [0.3, 0.4) is 0 Å². The zero-order valence-electron chi connectivity index (χ0n) is 15.0. The lowest BCUT2D eigenvalue weighted by Gasteiger charge is -2.26. The van der Waals surface area contributed by atoms with Crippen molar-refractivity contribution >= 4 is 23.7 Å². The summed E-state index contributed by atoms with van der Waals surface area (Å²) < 4.78 is 16.3. The van der Waals surface area contributed by atoms with Gasteiger partial charge in [0.15, 0.2) is 11.0 Å². The maximum Gasteiger partial charge on any atom is 0.318 e. The van der Waals surface area contributed by atoms with Gasteiger partial charge in [-0.1, -0.05) is 43.2 Å². The Morgan fingerprint density at radius 1 is 1.26 bits per heavy atom. The molecule has 1 fully saturated rings. The summed E-state index contributed by atoms with van der Waals surface area (Å²) in [7, 11) is 0. The summed E-state index contributed by atoms with van der Waals surface area (Å²) >= 11 is 1.18. The molecule has 1 saturated carbocycles. The molecule has 9 heteroatoms. The van der Waals surface area contributed by atoms with Crippen LogP contribution in [-0.2, 0) is 4.79 Å². The van der Waals surface area contributed by atoms with Crippen LogP contribution in [0.1, 0.15) is 45.1 Å². The first-order chi connectivity index (χ1) is 13.0. The molecule has 3 amide bonds. The van der Waals surface area contributed by atoms with Crippen LogP contribution in [0.5, 0.6) is 0 Å². The SMILES string of the molecule is CC(Sc1nnc(-c2ccccc2F)n1C1CCCCC1)C(=O)NC(N)=O. The molecule has 0 bridgehead atoms. The average Bonchev–Trinajstić information content (AvgIpc) is 3.05. The van der Waals surface area contributed by atoms with Crippen molar-refractivity contribution in [3.8, 4) is 11.4 Å². The highest BCUT2D eigenvalue weighted by atomic mass is 32.2. The second-order valence-electron chi connectivity index (χ2n) is 6.56. The van der Waals surface area contributed by atoms with Crippen LogP contribution in [0.4, 0.5) is 9.18 Å². The first-order valence-electron chi connectivity index (χ1n) is 8.94. The van der Waals surface area contributed by atoms with Gasteiger partial charge in [0, 0.05) is 6.04 Å². The molecule has 3 N–H and O–H groups in total. The molecular weight excluding hydrogens is 369 g/mol. The highest BCUT2D eigenvalue weighted by Crippen LogP contribution is 2.37. The molecule has 2 aromatic rings. The van der Waals surface area contributed by atoms with Gasteiger partial charge in [0.2, 0.25) is 5.91 Å². The highest BCUT2D eigenvalue weighted by Gasteiger charge is 2.27. The van der Waals surface area contributed by atoms with Crippen LogP contribution in [0.2, 0.25) is 0 Å². The first-order valence-corrected chi connectivity index (χ1v) is 9.82. The lowest BCUT2D eigenvalue weighted by atomic mass is 9.95. The summed E-state index contributed by atoms with van der Waals surface area (Å²) in [6, 6.07) is 5.71. The number of aromatic nitrogens is 3. The fourth-order valence-corrected chi connectivity index (χ4v) is 4.21. The van der Waals surface area contributed by atoms with Crippen molar-refractivity contribution in [1.82, 2.24) is 20.1 Å². The molecule has 7 nitrogen and oxygen atoms in total. The Hall–Kier alpha value is -2.42. The molecule has 0 saturated heterocycles. The molecule has 1 aliphatic carbocycles. The van der Waals surface area contributed by atoms with Crippen molar-refractivity contribution in [1.29, 1.82) is 0 Å². The van der Waals surface area contributed by atoms with E-state index in [0.717, 1.165) is 25.7 Å². The molecule has 1 aromatic carbocycles. The Labute approximate surface area is 160 Å². The molecule has 0 spiro atoms. The second kappa shape index (κ2) is 8.51. The molecule has 1 unspecified atom stereocenters. The highest BCUT2D eigenvalue weighted by molar-refractivity contribution is 8.00. The fraction of sp³-hybridized carbons (Fsp3) is 0.444. The number of urea groups is 1. The van der Waals surface area contributed by atoms with Gasteiger partial charge in [-0.05, 0) is 31.9 Å². The molecule has 1 aromatic heterocycles. The molecule has 3 rings (SSSR count). The summed E-state index contributed by atoms with van der Waals surface area (Å²) in [6.45, 7) is 1.66. The summed E-state index contributed by atoms with van der Waals surface area (Å²) in [5.41, 5.74) is 5.40. The van der Waals surface area contributed by atoms with Crippen LogP contribution in [0.25, 0.3) is 11.4 Å². The van der Waals surface area contributed by atoms with E-state index < -0.39 is 17.2 Å². The third kappa shape index (κ3) is 4.47. The molecular formula is C18H22FN5O2S. The number of imide groups is 1. The smallest absolute Gasteiger partial charge is 0.318 e. The number of nitrogens with two attached hydrogens (primary N) is 1. The number of nitrogens with zero attached hydrogens (tertiary/aromatic N) is 3. The quantitative estimate of drug-likeness (QED) is 0.762. The largest absolute Gasteiger partial charge is 0.351 e. The number of carbonyl (C=O) groups is 2. The van der Waals surface area contributed by atoms with Crippen molar-refractivity contribution in [2.24, 2.45) is 5.73 Å². The van der Waals surface area contributed by atoms with E-state index >= 15 is 0 Å². The summed E-state index contributed by atoms with van der Waals surface area (Å²) in [6.07, 6.45) is 5.25. The Balaban J connectivity index is 1.95. The normalized spacial score (nSPS) is 16.1. The molecule has 144 valence electrons. The topological polar surface area (TPSA) is 103 Å². The molecule has 0 aliphatic heterocycles. The zero-order chi connectivity index (χ0) is 19.4. The van der Waals surface area contributed by atoms with Gasteiger partial charge in [-0.2, -0.15) is 0 Å². The van der Waals surface area contributed by atoms with Crippen LogP contribution in [0, 0.1) is 5.82 Å². The number of primary amides is 1. The van der Waals surface area contributed by atoms with Gasteiger partial charge in [-0.15, -0.1) is 10.2 Å². The van der Waals surface area contributed by atoms with E-state index in [1.54, 1.807) is 25.1 Å². The van der Waals surface area contributed by atoms with Crippen LogP contribution in [-0.4, -0.2) is 32.0 Å². The Kier molecular flexibility index (Phi) is 6.10. The minimum Gasteiger partial charge on any atom is -0.351 e. The number of hydrogen-bond donors (Lipinski definition) is 2. The van der Waals surface area contributed by atoms with E-state index in [0.29, 0.717) is 16.5 Å². The van der Waals surface area contributed by atoms with E-state index in [2.05, 4.69) is 15.5 Å².